The van der Waals surface area contributed by atoms with Gasteiger partial charge in [-0.05, 0) is 18.2 Å². The van der Waals surface area contributed by atoms with Gasteiger partial charge in [-0.3, -0.25) is 4.68 Å². The van der Waals surface area contributed by atoms with Crippen molar-refractivity contribution >= 4 is 0 Å². The van der Waals surface area contributed by atoms with E-state index in [1.807, 2.05) is 37.5 Å². The second-order valence-corrected chi connectivity index (χ2v) is 3.97. The van der Waals surface area contributed by atoms with Gasteiger partial charge in [0.25, 0.3) is 0 Å². The van der Waals surface area contributed by atoms with Crippen LogP contribution in [0, 0.1) is 0 Å². The summed E-state index contributed by atoms with van der Waals surface area (Å²) in [7, 11) is 5.09. The molecule has 1 unspecified atom stereocenters. The SMILES string of the molecule is COc1cccc(OC)c1C(N)c1ccn(C)n1. The zero-order valence-corrected chi connectivity index (χ0v) is 10.8. The van der Waals surface area contributed by atoms with Gasteiger partial charge in [0.05, 0.1) is 31.5 Å². The van der Waals surface area contributed by atoms with Crippen LogP contribution in [-0.2, 0) is 7.05 Å². The van der Waals surface area contributed by atoms with Gasteiger partial charge >= 0.3 is 0 Å². The van der Waals surface area contributed by atoms with Crippen LogP contribution in [0.4, 0.5) is 0 Å². The number of nitrogens with two attached hydrogens (primary N) is 1. The van der Waals surface area contributed by atoms with Gasteiger partial charge in [-0.1, -0.05) is 6.07 Å². The van der Waals surface area contributed by atoms with E-state index in [4.69, 9.17) is 15.2 Å². The molecular weight excluding hydrogens is 230 g/mol. The van der Waals surface area contributed by atoms with Crippen molar-refractivity contribution in [3.8, 4) is 11.5 Å². The topological polar surface area (TPSA) is 62.3 Å². The largest absolute Gasteiger partial charge is 0.496 e. The van der Waals surface area contributed by atoms with Crippen LogP contribution in [0.3, 0.4) is 0 Å². The average Bonchev–Trinajstić information content (AvgIpc) is 2.83. The highest BCUT2D eigenvalue weighted by Crippen LogP contribution is 2.35. The van der Waals surface area contributed by atoms with Gasteiger partial charge in [0.15, 0.2) is 0 Å². The standard InChI is InChI=1S/C13H17N3O2/c1-16-8-7-9(15-16)13(14)12-10(17-2)5-4-6-11(12)18-3/h4-8,13H,14H2,1-3H3. The van der Waals surface area contributed by atoms with Gasteiger partial charge in [-0.25, -0.2) is 0 Å². The molecule has 2 N–H and O–H groups in total. The van der Waals surface area contributed by atoms with Crippen LogP contribution < -0.4 is 15.2 Å². The molecule has 0 aliphatic rings. The molecule has 0 aliphatic heterocycles. The summed E-state index contributed by atoms with van der Waals surface area (Å²) >= 11 is 0. The number of aryl methyl sites for hydroxylation is 1. The van der Waals surface area contributed by atoms with E-state index < -0.39 is 0 Å². The van der Waals surface area contributed by atoms with E-state index >= 15 is 0 Å². The minimum absolute atomic E-state index is 0.378. The van der Waals surface area contributed by atoms with Crippen LogP contribution in [0.5, 0.6) is 11.5 Å². The van der Waals surface area contributed by atoms with Crippen molar-refractivity contribution in [3.63, 3.8) is 0 Å². The van der Waals surface area contributed by atoms with Crippen LogP contribution in [0.15, 0.2) is 30.5 Å². The molecule has 18 heavy (non-hydrogen) atoms. The van der Waals surface area contributed by atoms with E-state index in [2.05, 4.69) is 5.10 Å². The normalized spacial score (nSPS) is 12.2. The molecule has 0 saturated heterocycles. The molecule has 0 spiro atoms. The van der Waals surface area contributed by atoms with Gasteiger partial charge in [0, 0.05) is 13.2 Å². The molecule has 0 radical (unpaired) electrons. The van der Waals surface area contributed by atoms with Gasteiger partial charge < -0.3 is 15.2 Å². The zero-order valence-electron chi connectivity index (χ0n) is 10.8. The van der Waals surface area contributed by atoms with Crippen LogP contribution in [0.2, 0.25) is 0 Å². The molecular formula is C13H17N3O2. The molecule has 1 aromatic carbocycles. The molecule has 0 amide bonds. The minimum Gasteiger partial charge on any atom is -0.496 e. The maximum atomic E-state index is 6.25. The fourth-order valence-corrected chi connectivity index (χ4v) is 1.93. The Balaban J connectivity index is 2.48. The van der Waals surface area contributed by atoms with Crippen LogP contribution in [0.25, 0.3) is 0 Å². The van der Waals surface area contributed by atoms with E-state index in [-0.39, 0.29) is 6.04 Å². The lowest BCUT2D eigenvalue weighted by molar-refractivity contribution is 0.382. The highest BCUT2D eigenvalue weighted by Gasteiger charge is 2.20. The first-order chi connectivity index (χ1) is 8.67. The molecule has 2 rings (SSSR count). The van der Waals surface area contributed by atoms with Crippen molar-refractivity contribution in [2.24, 2.45) is 12.8 Å². The van der Waals surface area contributed by atoms with Crippen molar-refractivity contribution in [2.45, 2.75) is 6.04 Å². The first-order valence-corrected chi connectivity index (χ1v) is 5.63. The van der Waals surface area contributed by atoms with Crippen LogP contribution >= 0.6 is 0 Å². The summed E-state index contributed by atoms with van der Waals surface area (Å²) in [4.78, 5) is 0. The van der Waals surface area contributed by atoms with Crippen molar-refractivity contribution in [1.82, 2.24) is 9.78 Å². The maximum absolute atomic E-state index is 6.25. The third-order valence-corrected chi connectivity index (χ3v) is 2.83. The monoisotopic (exact) mass is 247 g/mol. The Kier molecular flexibility index (Phi) is 3.53. The predicted octanol–water partition coefficient (Wildman–Crippen LogP) is 1.49. The Hall–Kier alpha value is -2.01. The first-order valence-electron chi connectivity index (χ1n) is 5.63. The number of ether oxygens (including phenoxy) is 2. The third kappa shape index (κ3) is 2.17. The lowest BCUT2D eigenvalue weighted by atomic mass is 10.0. The second kappa shape index (κ2) is 5.10. The maximum Gasteiger partial charge on any atom is 0.127 e. The molecule has 0 fully saturated rings. The average molecular weight is 247 g/mol. The Bertz CT molecular complexity index is 515. The molecule has 0 saturated carbocycles. The van der Waals surface area contributed by atoms with E-state index in [1.54, 1.807) is 18.9 Å². The Morgan fingerprint density at radius 1 is 1.17 bits per heavy atom. The Labute approximate surface area is 106 Å². The molecule has 5 nitrogen and oxygen atoms in total. The number of rotatable bonds is 4. The number of hydrogen-bond acceptors (Lipinski definition) is 4. The summed E-state index contributed by atoms with van der Waals surface area (Å²) in [5.41, 5.74) is 7.83. The lowest BCUT2D eigenvalue weighted by Crippen LogP contribution is -2.15. The molecule has 1 heterocycles. The van der Waals surface area contributed by atoms with Gasteiger partial charge in [0.2, 0.25) is 0 Å². The highest BCUT2D eigenvalue weighted by atomic mass is 16.5. The molecule has 1 atom stereocenters. The zero-order chi connectivity index (χ0) is 13.1. The summed E-state index contributed by atoms with van der Waals surface area (Å²) in [6.07, 6.45) is 1.86. The summed E-state index contributed by atoms with van der Waals surface area (Å²) < 4.78 is 12.4. The van der Waals surface area contributed by atoms with Crippen molar-refractivity contribution in [3.05, 3.63) is 41.7 Å². The van der Waals surface area contributed by atoms with Crippen LogP contribution in [0.1, 0.15) is 17.3 Å². The van der Waals surface area contributed by atoms with E-state index in [0.717, 1.165) is 11.3 Å². The van der Waals surface area contributed by atoms with Crippen molar-refractivity contribution in [1.29, 1.82) is 0 Å². The summed E-state index contributed by atoms with van der Waals surface area (Å²) in [5.74, 6) is 1.40. The lowest BCUT2D eigenvalue weighted by Gasteiger charge is -2.17. The second-order valence-electron chi connectivity index (χ2n) is 3.97. The van der Waals surface area contributed by atoms with Crippen molar-refractivity contribution < 1.29 is 9.47 Å². The fourth-order valence-electron chi connectivity index (χ4n) is 1.93. The third-order valence-electron chi connectivity index (χ3n) is 2.83. The smallest absolute Gasteiger partial charge is 0.127 e. The van der Waals surface area contributed by atoms with E-state index in [9.17, 15) is 0 Å². The molecule has 2 aromatic rings. The molecule has 1 aromatic heterocycles. The number of benzene rings is 1. The van der Waals surface area contributed by atoms with E-state index in [0.29, 0.717) is 11.5 Å². The fraction of sp³-hybridized carbons (Fsp3) is 0.308. The first kappa shape index (κ1) is 12.4. The van der Waals surface area contributed by atoms with Gasteiger partial charge in [-0.2, -0.15) is 5.10 Å². The summed E-state index contributed by atoms with van der Waals surface area (Å²) in [6.45, 7) is 0. The minimum atomic E-state index is -0.378. The van der Waals surface area contributed by atoms with Gasteiger partial charge in [0.1, 0.15) is 11.5 Å². The number of methoxy groups -OCH3 is 2. The predicted molar refractivity (Wildman–Crippen MR) is 68.8 cm³/mol. The molecule has 5 heteroatoms. The molecule has 0 aliphatic carbocycles. The number of nitrogens with zero attached hydrogens (tertiary/aromatic N) is 2. The molecule has 96 valence electrons. The summed E-state index contributed by atoms with van der Waals surface area (Å²) in [6, 6.07) is 7.10. The van der Waals surface area contributed by atoms with Crippen LogP contribution in [-0.4, -0.2) is 24.0 Å². The van der Waals surface area contributed by atoms with Gasteiger partial charge in [-0.15, -0.1) is 0 Å². The molecule has 0 bridgehead atoms. The number of aromatic nitrogens is 2. The Morgan fingerprint density at radius 3 is 2.22 bits per heavy atom. The van der Waals surface area contributed by atoms with E-state index in [1.165, 1.54) is 0 Å². The Morgan fingerprint density at radius 2 is 1.78 bits per heavy atom. The van der Waals surface area contributed by atoms with Crippen molar-refractivity contribution in [2.75, 3.05) is 14.2 Å². The summed E-state index contributed by atoms with van der Waals surface area (Å²) in [5, 5.41) is 4.32. The quantitative estimate of drug-likeness (QED) is 0.889. The highest BCUT2D eigenvalue weighted by molar-refractivity contribution is 5.49. The number of hydrogen-bond donors (Lipinski definition) is 1.